The van der Waals surface area contributed by atoms with Gasteiger partial charge in [0, 0.05) is 16.7 Å². The Morgan fingerprint density at radius 1 is 1.12 bits per heavy atom. The van der Waals surface area contributed by atoms with Gasteiger partial charge in [0.15, 0.2) is 11.5 Å². The van der Waals surface area contributed by atoms with Crippen molar-refractivity contribution in [1.29, 1.82) is 0 Å². The van der Waals surface area contributed by atoms with Gasteiger partial charge in [0.05, 0.1) is 35.6 Å². The SMILES string of the molecule is CC1(C)C(=O)C=C[C@@]2(C)C1=C(O)C(=O)[C@]1(C)C2[C@@H](O)C[C@@]2(C)[C@H](c3ccoc3)C[C@H]3O[C@]321. The molecule has 1 unspecified atom stereocenters. The van der Waals surface area contributed by atoms with Crippen LogP contribution >= 0.6 is 0 Å². The van der Waals surface area contributed by atoms with Crippen LogP contribution in [0.1, 0.15) is 58.9 Å². The standard InChI is InChI=1S/C26H30O6/c1-22(2)16(28)6-8-23(3)19-15(27)11-24(4)14(13-7-9-31-12-13)10-17-26(24,32-17)25(19,5)21(30)18(29)20(22)23/h6-9,12,14-15,17,19,27,29H,10-11H2,1-5H3/t14-,15-,17+,19?,23+,24-,25-,26+/m0/s1. The summed E-state index contributed by atoms with van der Waals surface area (Å²) in [5, 5.41) is 23.1. The zero-order chi connectivity index (χ0) is 23.1. The van der Waals surface area contributed by atoms with Crippen LogP contribution in [0.4, 0.5) is 0 Å². The molecule has 170 valence electrons. The van der Waals surface area contributed by atoms with Crippen LogP contribution in [0.3, 0.4) is 0 Å². The van der Waals surface area contributed by atoms with E-state index >= 15 is 0 Å². The zero-order valence-electron chi connectivity index (χ0n) is 19.1. The fraction of sp³-hybridized carbons (Fsp3) is 0.615. The number of hydrogen-bond acceptors (Lipinski definition) is 6. The van der Waals surface area contributed by atoms with Crippen LogP contribution in [0.25, 0.3) is 0 Å². The second-order valence-electron chi connectivity index (χ2n) is 11.7. The Bertz CT molecular complexity index is 1130. The van der Waals surface area contributed by atoms with E-state index in [0.29, 0.717) is 12.0 Å². The van der Waals surface area contributed by atoms with Crippen LogP contribution in [0, 0.1) is 27.6 Å². The molecule has 2 heterocycles. The molecule has 6 heteroatoms. The highest BCUT2D eigenvalue weighted by Gasteiger charge is 2.88. The summed E-state index contributed by atoms with van der Waals surface area (Å²) in [7, 11) is 0. The number of carbonyl (C=O) groups excluding carboxylic acids is 2. The van der Waals surface area contributed by atoms with Gasteiger partial charge in [0.2, 0.25) is 5.78 Å². The summed E-state index contributed by atoms with van der Waals surface area (Å²) in [5.41, 5.74) is -2.82. The summed E-state index contributed by atoms with van der Waals surface area (Å²) < 4.78 is 11.8. The van der Waals surface area contributed by atoms with Crippen molar-refractivity contribution >= 4 is 11.6 Å². The Morgan fingerprint density at radius 2 is 1.84 bits per heavy atom. The third-order valence-electron chi connectivity index (χ3n) is 10.1. The number of Topliss-reactive ketones (excluding diaryl/α,β-unsaturated/α-hetero) is 1. The van der Waals surface area contributed by atoms with Crippen molar-refractivity contribution in [3.8, 4) is 0 Å². The van der Waals surface area contributed by atoms with E-state index in [1.807, 2.05) is 19.9 Å². The van der Waals surface area contributed by atoms with Crippen LogP contribution < -0.4 is 0 Å². The number of hydrogen-bond donors (Lipinski definition) is 2. The lowest BCUT2D eigenvalue weighted by molar-refractivity contribution is -0.187. The van der Waals surface area contributed by atoms with Gasteiger partial charge in [-0.05, 0) is 62.8 Å². The largest absolute Gasteiger partial charge is 0.504 e. The Kier molecular flexibility index (Phi) is 3.50. The molecule has 0 radical (unpaired) electrons. The van der Waals surface area contributed by atoms with Crippen molar-refractivity contribution in [2.75, 3.05) is 0 Å². The highest BCUT2D eigenvalue weighted by atomic mass is 16.6. The zero-order valence-corrected chi connectivity index (χ0v) is 19.1. The number of ketones is 2. The third kappa shape index (κ3) is 1.82. The minimum absolute atomic E-state index is 0.0838. The lowest BCUT2D eigenvalue weighted by Crippen LogP contribution is -2.70. The molecule has 0 bridgehead atoms. The fourth-order valence-electron chi connectivity index (χ4n) is 8.95. The second-order valence-corrected chi connectivity index (χ2v) is 11.7. The number of allylic oxidation sites excluding steroid dienone is 4. The van der Waals surface area contributed by atoms with Crippen LogP contribution in [0.2, 0.25) is 0 Å². The van der Waals surface area contributed by atoms with Crippen molar-refractivity contribution in [2.45, 2.75) is 71.2 Å². The number of fused-ring (bicyclic) bond motifs is 3. The third-order valence-corrected chi connectivity index (χ3v) is 10.1. The molecule has 6 rings (SSSR count). The summed E-state index contributed by atoms with van der Waals surface area (Å²) in [6.07, 6.45) is 7.02. The molecule has 8 atom stereocenters. The van der Waals surface area contributed by atoms with E-state index in [-0.39, 0.29) is 23.6 Å². The van der Waals surface area contributed by atoms with Gasteiger partial charge in [0.1, 0.15) is 5.60 Å². The number of carbonyl (C=O) groups is 2. The Labute approximate surface area is 187 Å². The molecular formula is C26H30O6. The molecule has 3 fully saturated rings. The lowest BCUT2D eigenvalue weighted by Gasteiger charge is -2.63. The Balaban J connectivity index is 1.60. The van der Waals surface area contributed by atoms with Crippen molar-refractivity contribution in [3.05, 3.63) is 47.6 Å². The minimum Gasteiger partial charge on any atom is -0.504 e. The van der Waals surface area contributed by atoms with Gasteiger partial charge in [-0.15, -0.1) is 0 Å². The van der Waals surface area contributed by atoms with Crippen molar-refractivity contribution in [1.82, 2.24) is 0 Å². The van der Waals surface area contributed by atoms with E-state index in [1.165, 1.54) is 0 Å². The summed E-state index contributed by atoms with van der Waals surface area (Å²) >= 11 is 0. The second kappa shape index (κ2) is 5.48. The van der Waals surface area contributed by atoms with Gasteiger partial charge >= 0.3 is 0 Å². The fourth-order valence-corrected chi connectivity index (χ4v) is 8.95. The molecule has 1 saturated heterocycles. The van der Waals surface area contributed by atoms with Gasteiger partial charge in [-0.3, -0.25) is 9.59 Å². The monoisotopic (exact) mass is 438 g/mol. The van der Waals surface area contributed by atoms with Gasteiger partial charge in [-0.1, -0.05) is 19.9 Å². The summed E-state index contributed by atoms with van der Waals surface area (Å²) in [4.78, 5) is 26.8. The first-order valence-electron chi connectivity index (χ1n) is 11.5. The molecular weight excluding hydrogens is 408 g/mol. The van der Waals surface area contributed by atoms with E-state index < -0.39 is 45.1 Å². The highest BCUT2D eigenvalue weighted by molar-refractivity contribution is 6.06. The Morgan fingerprint density at radius 3 is 2.50 bits per heavy atom. The van der Waals surface area contributed by atoms with Gasteiger partial charge < -0.3 is 19.4 Å². The first-order chi connectivity index (χ1) is 14.9. The molecule has 5 aliphatic rings. The first kappa shape index (κ1) is 20.4. The lowest BCUT2D eigenvalue weighted by atomic mass is 9.38. The summed E-state index contributed by atoms with van der Waals surface area (Å²) in [6, 6.07) is 1.95. The molecule has 2 N–H and O–H groups in total. The molecule has 1 aliphatic heterocycles. The molecule has 2 saturated carbocycles. The van der Waals surface area contributed by atoms with Gasteiger partial charge in [-0.25, -0.2) is 0 Å². The summed E-state index contributed by atoms with van der Waals surface area (Å²) in [5.74, 6) is -1.33. The van der Waals surface area contributed by atoms with Crippen LogP contribution in [-0.4, -0.2) is 39.6 Å². The van der Waals surface area contributed by atoms with E-state index in [4.69, 9.17) is 9.15 Å². The van der Waals surface area contributed by atoms with Crippen molar-refractivity contribution in [3.63, 3.8) is 0 Å². The van der Waals surface area contributed by atoms with Crippen LogP contribution in [0.5, 0.6) is 0 Å². The molecule has 32 heavy (non-hydrogen) atoms. The quantitative estimate of drug-likeness (QED) is 0.646. The first-order valence-corrected chi connectivity index (χ1v) is 11.5. The van der Waals surface area contributed by atoms with E-state index in [9.17, 15) is 19.8 Å². The maximum atomic E-state index is 14.1. The van der Waals surface area contributed by atoms with E-state index in [1.54, 1.807) is 38.5 Å². The normalized spacial score (nSPS) is 50.6. The highest BCUT2D eigenvalue weighted by Crippen LogP contribution is 2.81. The number of epoxide rings is 1. The summed E-state index contributed by atoms with van der Waals surface area (Å²) in [6.45, 7) is 9.42. The van der Waals surface area contributed by atoms with Gasteiger partial charge in [0.25, 0.3) is 0 Å². The molecule has 0 aromatic carbocycles. The molecule has 1 aromatic rings. The average Bonchev–Trinajstić information content (AvgIpc) is 3.08. The number of aliphatic hydroxyl groups excluding tert-OH is 2. The van der Waals surface area contributed by atoms with Crippen molar-refractivity contribution in [2.24, 2.45) is 27.6 Å². The molecule has 1 aromatic heterocycles. The van der Waals surface area contributed by atoms with E-state index in [0.717, 1.165) is 12.0 Å². The van der Waals surface area contributed by atoms with E-state index in [2.05, 4.69) is 6.92 Å². The Hall–Kier alpha value is -2.18. The molecule has 0 amide bonds. The van der Waals surface area contributed by atoms with Gasteiger partial charge in [-0.2, -0.15) is 0 Å². The predicted octanol–water partition coefficient (Wildman–Crippen LogP) is 3.86. The number of rotatable bonds is 1. The maximum absolute atomic E-state index is 14.1. The van der Waals surface area contributed by atoms with Crippen LogP contribution in [-0.2, 0) is 14.3 Å². The maximum Gasteiger partial charge on any atom is 0.206 e. The topological polar surface area (TPSA) is 100 Å². The predicted molar refractivity (Wildman–Crippen MR) is 115 cm³/mol. The van der Waals surface area contributed by atoms with Crippen LogP contribution in [0.15, 0.2) is 46.5 Å². The molecule has 6 nitrogen and oxygen atoms in total. The smallest absolute Gasteiger partial charge is 0.206 e. The molecule has 1 spiro atoms. The van der Waals surface area contributed by atoms with Crippen molar-refractivity contribution < 1.29 is 29.0 Å². The number of ether oxygens (including phenoxy) is 1. The number of aliphatic hydroxyl groups is 2. The number of furan rings is 1. The molecule has 4 aliphatic carbocycles. The minimum atomic E-state index is -1.13. The average molecular weight is 439 g/mol.